The Bertz CT molecular complexity index is 784. The Morgan fingerprint density at radius 2 is 2.30 bits per heavy atom. The van der Waals surface area contributed by atoms with E-state index >= 15 is 0 Å². The monoisotopic (exact) mass is 374 g/mol. The molecule has 0 bridgehead atoms. The molecule has 2 aromatic rings. The minimum Gasteiger partial charge on any atom is -0.465 e. The van der Waals surface area contributed by atoms with Gasteiger partial charge in [0.15, 0.2) is 0 Å². The highest BCUT2D eigenvalue weighted by Gasteiger charge is 2.32. The summed E-state index contributed by atoms with van der Waals surface area (Å²) in [6.45, 7) is 6.92. The lowest BCUT2D eigenvalue weighted by Crippen LogP contribution is -2.56. The summed E-state index contributed by atoms with van der Waals surface area (Å²) < 4.78 is 7.55. The van der Waals surface area contributed by atoms with E-state index in [9.17, 15) is 9.59 Å². The van der Waals surface area contributed by atoms with Gasteiger partial charge in [-0.15, -0.1) is 10.2 Å². The molecule has 3 rings (SSSR count). The molecule has 1 atom stereocenters. The summed E-state index contributed by atoms with van der Waals surface area (Å²) in [4.78, 5) is 26.6. The first kappa shape index (κ1) is 19.1. The minimum atomic E-state index is -0.497. The molecule has 146 valence electrons. The second kappa shape index (κ2) is 8.81. The zero-order valence-corrected chi connectivity index (χ0v) is 15.8. The van der Waals surface area contributed by atoms with Gasteiger partial charge in [0.1, 0.15) is 23.7 Å². The molecule has 3 heterocycles. The molecule has 0 spiro atoms. The number of rotatable bonds is 8. The smallest absolute Gasteiger partial charge is 0.237 e. The summed E-state index contributed by atoms with van der Waals surface area (Å²) in [7, 11) is 0. The van der Waals surface area contributed by atoms with Crippen molar-refractivity contribution in [1.29, 1.82) is 0 Å². The molecule has 0 aromatic carbocycles. The van der Waals surface area contributed by atoms with E-state index in [1.807, 2.05) is 35.4 Å². The van der Waals surface area contributed by atoms with Gasteiger partial charge in [0.25, 0.3) is 0 Å². The Balaban J connectivity index is 1.52. The van der Waals surface area contributed by atoms with Crippen molar-refractivity contribution >= 4 is 11.8 Å². The van der Waals surface area contributed by atoms with Crippen molar-refractivity contribution in [3.05, 3.63) is 35.8 Å². The fourth-order valence-corrected chi connectivity index (χ4v) is 3.24. The maximum Gasteiger partial charge on any atom is 0.237 e. The third-order valence-corrected chi connectivity index (χ3v) is 4.68. The lowest BCUT2D eigenvalue weighted by Gasteiger charge is -2.34. The van der Waals surface area contributed by atoms with Crippen LogP contribution < -0.4 is 10.6 Å². The molecule has 9 heteroatoms. The number of piperazine rings is 1. The third-order valence-electron chi connectivity index (χ3n) is 4.68. The molecule has 1 aliphatic rings. The van der Waals surface area contributed by atoms with E-state index in [1.165, 1.54) is 0 Å². The number of furan rings is 1. The van der Waals surface area contributed by atoms with Crippen LogP contribution in [-0.4, -0.2) is 57.2 Å². The van der Waals surface area contributed by atoms with Crippen LogP contribution >= 0.6 is 0 Å². The van der Waals surface area contributed by atoms with E-state index in [0.29, 0.717) is 32.6 Å². The molecule has 0 saturated carbocycles. The van der Waals surface area contributed by atoms with Crippen LogP contribution in [0.2, 0.25) is 0 Å². The number of nitrogens with zero attached hydrogens (tertiary/aromatic N) is 4. The Hall–Kier alpha value is -2.68. The van der Waals surface area contributed by atoms with E-state index in [0.717, 1.165) is 23.9 Å². The number of hydrogen-bond donors (Lipinski definition) is 2. The molecule has 1 aliphatic heterocycles. The number of carbonyl (C=O) groups excluding carboxylic acids is 2. The Morgan fingerprint density at radius 3 is 3.04 bits per heavy atom. The van der Waals surface area contributed by atoms with Crippen molar-refractivity contribution in [2.75, 3.05) is 19.6 Å². The van der Waals surface area contributed by atoms with Crippen molar-refractivity contribution in [2.24, 2.45) is 0 Å². The molecule has 2 N–H and O–H groups in total. The van der Waals surface area contributed by atoms with E-state index < -0.39 is 6.04 Å². The highest BCUT2D eigenvalue weighted by atomic mass is 16.3. The average Bonchev–Trinajstić information content (AvgIpc) is 3.26. The second-order valence-electron chi connectivity index (χ2n) is 6.63. The number of amides is 2. The summed E-state index contributed by atoms with van der Waals surface area (Å²) in [5, 5.41) is 13.6. The van der Waals surface area contributed by atoms with Crippen LogP contribution in [0.1, 0.15) is 30.7 Å². The standard InChI is InChI=1S/C18H26N6O3/c1-3-23-12-21-22-16(23)6-7-19-17(25)10-15-18(26)20-8-9-24(15)11-14-5-4-13(2)27-14/h4-5,12,15H,3,6-11H2,1-2H3,(H,19,25)(H,20,26)/t15-/m0/s1. The summed E-state index contributed by atoms with van der Waals surface area (Å²) in [5.41, 5.74) is 0. The zero-order valence-electron chi connectivity index (χ0n) is 15.8. The Morgan fingerprint density at radius 1 is 1.44 bits per heavy atom. The van der Waals surface area contributed by atoms with Crippen molar-refractivity contribution < 1.29 is 14.0 Å². The quantitative estimate of drug-likeness (QED) is 0.686. The van der Waals surface area contributed by atoms with Crippen LogP contribution in [0.15, 0.2) is 22.9 Å². The van der Waals surface area contributed by atoms with Crippen LogP contribution in [0, 0.1) is 6.92 Å². The van der Waals surface area contributed by atoms with Crippen LogP contribution in [0.4, 0.5) is 0 Å². The highest BCUT2D eigenvalue weighted by molar-refractivity contribution is 5.88. The van der Waals surface area contributed by atoms with Gasteiger partial charge >= 0.3 is 0 Å². The van der Waals surface area contributed by atoms with Crippen molar-refractivity contribution in [3.8, 4) is 0 Å². The van der Waals surface area contributed by atoms with Crippen molar-refractivity contribution in [3.63, 3.8) is 0 Å². The molecule has 1 saturated heterocycles. The first-order chi connectivity index (χ1) is 13.1. The number of aryl methyl sites for hydroxylation is 2. The zero-order chi connectivity index (χ0) is 19.2. The number of carbonyl (C=O) groups is 2. The van der Waals surface area contributed by atoms with E-state index in [2.05, 4.69) is 20.8 Å². The van der Waals surface area contributed by atoms with Gasteiger partial charge in [0.2, 0.25) is 11.8 Å². The van der Waals surface area contributed by atoms with E-state index in [4.69, 9.17) is 4.42 Å². The van der Waals surface area contributed by atoms with E-state index in [1.54, 1.807) is 6.33 Å². The van der Waals surface area contributed by atoms with Crippen molar-refractivity contribution in [2.45, 2.75) is 45.8 Å². The lowest BCUT2D eigenvalue weighted by molar-refractivity contribution is -0.134. The molecule has 27 heavy (non-hydrogen) atoms. The molecule has 1 fully saturated rings. The summed E-state index contributed by atoms with van der Waals surface area (Å²) in [6, 6.07) is 3.31. The van der Waals surface area contributed by atoms with Crippen LogP contribution in [0.25, 0.3) is 0 Å². The SMILES string of the molecule is CCn1cnnc1CCNC(=O)C[C@H]1C(=O)NCCN1Cc1ccc(C)o1. The number of hydrogen-bond acceptors (Lipinski definition) is 6. The van der Waals surface area contributed by atoms with E-state index in [-0.39, 0.29) is 18.2 Å². The largest absolute Gasteiger partial charge is 0.465 e. The minimum absolute atomic E-state index is 0.117. The molecule has 0 unspecified atom stereocenters. The number of nitrogens with one attached hydrogen (secondary N) is 2. The predicted octanol–water partition coefficient (Wildman–Crippen LogP) is 0.249. The molecule has 2 amide bonds. The summed E-state index contributed by atoms with van der Waals surface area (Å²) in [5.74, 6) is 2.20. The first-order valence-electron chi connectivity index (χ1n) is 9.27. The van der Waals surface area contributed by atoms with Gasteiger partial charge in [0.05, 0.1) is 19.0 Å². The van der Waals surface area contributed by atoms with Gasteiger partial charge in [-0.3, -0.25) is 14.5 Å². The molecule has 0 radical (unpaired) electrons. The topological polar surface area (TPSA) is 105 Å². The van der Waals surface area contributed by atoms with Gasteiger partial charge in [0, 0.05) is 32.6 Å². The predicted molar refractivity (Wildman–Crippen MR) is 97.7 cm³/mol. The fraction of sp³-hybridized carbons (Fsp3) is 0.556. The summed E-state index contributed by atoms with van der Waals surface area (Å²) in [6.07, 6.45) is 2.40. The van der Waals surface area contributed by atoms with Gasteiger partial charge in [-0.2, -0.15) is 0 Å². The Kier molecular flexibility index (Phi) is 6.23. The van der Waals surface area contributed by atoms with Gasteiger partial charge in [-0.1, -0.05) is 0 Å². The van der Waals surface area contributed by atoms with Crippen molar-refractivity contribution in [1.82, 2.24) is 30.3 Å². The first-order valence-corrected chi connectivity index (χ1v) is 9.27. The normalized spacial score (nSPS) is 17.7. The van der Waals surface area contributed by atoms with Gasteiger partial charge in [-0.25, -0.2) is 0 Å². The maximum absolute atomic E-state index is 12.4. The van der Waals surface area contributed by atoms with Gasteiger partial charge in [-0.05, 0) is 26.0 Å². The van der Waals surface area contributed by atoms with Crippen LogP contribution in [0.3, 0.4) is 0 Å². The molecular weight excluding hydrogens is 348 g/mol. The summed E-state index contributed by atoms with van der Waals surface area (Å²) >= 11 is 0. The third kappa shape index (κ3) is 4.94. The molecular formula is C18H26N6O3. The second-order valence-corrected chi connectivity index (χ2v) is 6.63. The number of aromatic nitrogens is 3. The molecule has 0 aliphatic carbocycles. The van der Waals surface area contributed by atoms with Crippen LogP contribution in [-0.2, 0) is 29.1 Å². The lowest BCUT2D eigenvalue weighted by atomic mass is 10.1. The van der Waals surface area contributed by atoms with Gasteiger partial charge < -0.3 is 19.6 Å². The van der Waals surface area contributed by atoms with Crippen LogP contribution in [0.5, 0.6) is 0 Å². The molecule has 2 aromatic heterocycles. The Labute approximate surface area is 158 Å². The fourth-order valence-electron chi connectivity index (χ4n) is 3.24. The highest BCUT2D eigenvalue weighted by Crippen LogP contribution is 2.15. The maximum atomic E-state index is 12.4. The molecule has 9 nitrogen and oxygen atoms in total. The average molecular weight is 374 g/mol.